The lowest BCUT2D eigenvalue weighted by Crippen LogP contribution is -2.53. The molecule has 0 aromatic carbocycles. The lowest BCUT2D eigenvalue weighted by atomic mass is 9.62. The van der Waals surface area contributed by atoms with E-state index in [4.69, 9.17) is 4.43 Å². The maximum Gasteiger partial charge on any atom is 0.416 e. The normalized spacial score (nSPS) is 31.1. The summed E-state index contributed by atoms with van der Waals surface area (Å²) in [6, 6.07) is 0. The minimum Gasteiger partial charge on any atom is -0.403 e. The number of amides is 1. The zero-order chi connectivity index (χ0) is 22.3. The molecule has 8 heteroatoms. The van der Waals surface area contributed by atoms with E-state index in [0.29, 0.717) is 24.7 Å². The Balaban J connectivity index is 1.98. The Hall–Kier alpha value is -0.893. The van der Waals surface area contributed by atoms with E-state index in [2.05, 4.69) is 12.2 Å². The highest BCUT2D eigenvalue weighted by molar-refractivity contribution is 6.69. The smallest absolute Gasteiger partial charge is 0.403 e. The number of alkyl halides is 3. The van der Waals surface area contributed by atoms with E-state index in [1.54, 1.807) is 19.6 Å². The summed E-state index contributed by atoms with van der Waals surface area (Å²) in [5, 5.41) is 2.71. The number of rotatable bonds is 7. The molecule has 2 aliphatic rings. The molecule has 5 atom stereocenters. The molecule has 0 saturated heterocycles. The van der Waals surface area contributed by atoms with Crippen molar-refractivity contribution < 1.29 is 27.2 Å². The van der Waals surface area contributed by atoms with Crippen LogP contribution >= 0.6 is 0 Å². The van der Waals surface area contributed by atoms with Gasteiger partial charge < -0.3 is 9.74 Å². The molecule has 1 amide bonds. The van der Waals surface area contributed by atoms with Gasteiger partial charge in [0.25, 0.3) is 0 Å². The fourth-order valence-corrected chi connectivity index (χ4v) is 7.10. The van der Waals surface area contributed by atoms with Gasteiger partial charge in [-0.25, -0.2) is 0 Å². The zero-order valence-corrected chi connectivity index (χ0v) is 19.5. The van der Waals surface area contributed by atoms with Crippen LogP contribution in [0.15, 0.2) is 0 Å². The number of fused-ring (bicyclic) bond motifs is 1. The summed E-state index contributed by atoms with van der Waals surface area (Å²) >= 11 is 0. The molecule has 0 spiro atoms. The van der Waals surface area contributed by atoms with Crippen LogP contribution in [0.1, 0.15) is 59.3 Å². The molecule has 2 fully saturated rings. The van der Waals surface area contributed by atoms with Crippen molar-refractivity contribution in [2.75, 3.05) is 6.54 Å². The van der Waals surface area contributed by atoms with Crippen LogP contribution in [0.4, 0.5) is 13.2 Å². The van der Waals surface area contributed by atoms with Gasteiger partial charge in [-0.05, 0) is 69.5 Å². The summed E-state index contributed by atoms with van der Waals surface area (Å²) in [6.07, 6.45) is -0.980. The average Bonchev–Trinajstić information content (AvgIpc) is 2.88. The second kappa shape index (κ2) is 8.33. The highest BCUT2D eigenvalue weighted by Gasteiger charge is 2.55. The zero-order valence-electron chi connectivity index (χ0n) is 18.5. The van der Waals surface area contributed by atoms with Crippen molar-refractivity contribution in [3.8, 4) is 0 Å². The second-order valence-electron chi connectivity index (χ2n) is 10.5. The van der Waals surface area contributed by atoms with Gasteiger partial charge in [-0.15, -0.1) is 0 Å². The van der Waals surface area contributed by atoms with Crippen molar-refractivity contribution in [3.63, 3.8) is 0 Å². The molecule has 0 heterocycles. The van der Waals surface area contributed by atoms with Gasteiger partial charge in [0, 0.05) is 18.9 Å². The first-order valence-electron chi connectivity index (χ1n) is 10.7. The fraction of sp³-hybridized carbons (Fsp3) is 0.905. The van der Waals surface area contributed by atoms with Crippen LogP contribution in [0.5, 0.6) is 0 Å². The summed E-state index contributed by atoms with van der Waals surface area (Å²) in [5.74, 6) is 0.202. The van der Waals surface area contributed by atoms with Crippen LogP contribution in [0.3, 0.4) is 0 Å². The van der Waals surface area contributed by atoms with Crippen LogP contribution in [0.2, 0.25) is 19.6 Å². The van der Waals surface area contributed by atoms with E-state index in [1.807, 2.05) is 6.92 Å². The molecule has 0 aliphatic heterocycles. The molecule has 1 N–H and O–H groups in total. The van der Waals surface area contributed by atoms with Crippen molar-refractivity contribution in [2.45, 2.75) is 90.7 Å². The minimum atomic E-state index is -4.62. The third kappa shape index (κ3) is 5.43. The number of nitrogens with one attached hydrogen (secondary N) is 1. The third-order valence-corrected chi connectivity index (χ3v) is 7.94. The van der Waals surface area contributed by atoms with E-state index >= 15 is 0 Å². The number of Topliss-reactive ketones (excluding diaryl/α,β-unsaturated/α-hetero) is 1. The number of hydrogen-bond acceptors (Lipinski definition) is 3. The van der Waals surface area contributed by atoms with E-state index in [-0.39, 0.29) is 17.3 Å². The standard InChI is InChI=1S/C21H36F3NO3Si/c1-14(15-9-10-16-17(26)8-7-11-19(15,16)2)13-25-18(27)12-20(3,21(22,23)24)28-29(4,5)6/h14-16H,7-13H2,1-6H3,(H,25,27)/t14-,15-,16+,19-,20+/m1/s1. The number of carbonyl (C=O) groups excluding carboxylic acids is 2. The van der Waals surface area contributed by atoms with E-state index < -0.39 is 32.4 Å². The lowest BCUT2D eigenvalue weighted by Gasteiger charge is -2.42. The SMILES string of the molecule is C[C@H](CNC(=O)C[C@](C)(O[Si](C)(C)C)C(F)(F)F)[C@H]1CC[C@H]2C(=O)CCC[C@]12C. The van der Waals surface area contributed by atoms with Gasteiger partial charge in [0.15, 0.2) is 13.9 Å². The number of carbonyl (C=O) groups is 2. The molecule has 4 nitrogen and oxygen atoms in total. The van der Waals surface area contributed by atoms with Gasteiger partial charge >= 0.3 is 6.18 Å². The molecule has 0 bridgehead atoms. The highest BCUT2D eigenvalue weighted by Crippen LogP contribution is 2.56. The predicted octanol–water partition coefficient (Wildman–Crippen LogP) is 5.09. The van der Waals surface area contributed by atoms with E-state index in [0.717, 1.165) is 32.6 Å². The van der Waals surface area contributed by atoms with Crippen LogP contribution in [-0.2, 0) is 14.0 Å². The van der Waals surface area contributed by atoms with Gasteiger partial charge in [-0.1, -0.05) is 13.8 Å². The Morgan fingerprint density at radius 2 is 1.93 bits per heavy atom. The summed E-state index contributed by atoms with van der Waals surface area (Å²) in [5.41, 5.74) is -2.54. The third-order valence-electron chi connectivity index (χ3n) is 6.87. The quantitative estimate of drug-likeness (QED) is 0.567. The van der Waals surface area contributed by atoms with Crippen LogP contribution < -0.4 is 5.32 Å². The largest absolute Gasteiger partial charge is 0.416 e. The predicted molar refractivity (Wildman–Crippen MR) is 109 cm³/mol. The Morgan fingerprint density at radius 1 is 1.31 bits per heavy atom. The summed E-state index contributed by atoms with van der Waals surface area (Å²) in [4.78, 5) is 24.7. The molecule has 29 heavy (non-hydrogen) atoms. The van der Waals surface area contributed by atoms with Crippen molar-refractivity contribution in [3.05, 3.63) is 0 Å². The first-order chi connectivity index (χ1) is 13.1. The summed E-state index contributed by atoms with van der Waals surface area (Å²) < 4.78 is 46.2. The molecule has 2 aliphatic carbocycles. The van der Waals surface area contributed by atoms with Crippen molar-refractivity contribution >= 4 is 20.0 Å². The molecule has 0 unspecified atom stereocenters. The molecule has 168 valence electrons. The maximum atomic E-state index is 13.6. The molecule has 0 aromatic rings. The molecule has 0 radical (unpaired) electrons. The van der Waals surface area contributed by atoms with Gasteiger partial charge in [-0.3, -0.25) is 9.59 Å². The second-order valence-corrected chi connectivity index (χ2v) is 14.9. The molecular weight excluding hydrogens is 399 g/mol. The van der Waals surface area contributed by atoms with Crippen LogP contribution in [0, 0.1) is 23.2 Å². The van der Waals surface area contributed by atoms with Gasteiger partial charge in [0.05, 0.1) is 6.42 Å². The molecule has 2 rings (SSSR count). The van der Waals surface area contributed by atoms with Gasteiger partial charge in [0.2, 0.25) is 5.91 Å². The maximum absolute atomic E-state index is 13.6. The average molecular weight is 436 g/mol. The topological polar surface area (TPSA) is 55.4 Å². The Morgan fingerprint density at radius 3 is 2.48 bits per heavy atom. The number of hydrogen-bond donors (Lipinski definition) is 1. The van der Waals surface area contributed by atoms with E-state index in [9.17, 15) is 22.8 Å². The fourth-order valence-electron chi connectivity index (χ4n) is 5.56. The molecule has 2 saturated carbocycles. The number of halogens is 3. The van der Waals surface area contributed by atoms with Crippen LogP contribution in [-0.4, -0.2) is 38.3 Å². The summed E-state index contributed by atoms with van der Waals surface area (Å²) in [7, 11) is -2.50. The van der Waals surface area contributed by atoms with E-state index in [1.165, 1.54) is 0 Å². The Bertz CT molecular complexity index is 634. The molecular formula is C21H36F3NO3Si. The Labute approximate surface area is 173 Å². The monoisotopic (exact) mass is 435 g/mol. The first kappa shape index (κ1) is 24.4. The first-order valence-corrected chi connectivity index (χ1v) is 14.1. The highest BCUT2D eigenvalue weighted by atomic mass is 28.4. The number of ketones is 1. The summed E-state index contributed by atoms with van der Waals surface area (Å²) in [6.45, 7) is 10.5. The van der Waals surface area contributed by atoms with Gasteiger partial charge in [-0.2, -0.15) is 13.2 Å². The van der Waals surface area contributed by atoms with Crippen molar-refractivity contribution in [1.82, 2.24) is 5.32 Å². The van der Waals surface area contributed by atoms with Crippen molar-refractivity contribution in [2.24, 2.45) is 23.2 Å². The van der Waals surface area contributed by atoms with Crippen molar-refractivity contribution in [1.29, 1.82) is 0 Å². The Kier molecular flexibility index (Phi) is 7.00. The lowest BCUT2D eigenvalue weighted by molar-refractivity contribution is -0.246. The van der Waals surface area contributed by atoms with Crippen LogP contribution in [0.25, 0.3) is 0 Å². The molecule has 0 aromatic heterocycles. The van der Waals surface area contributed by atoms with Gasteiger partial charge in [0.1, 0.15) is 5.78 Å². The minimum absolute atomic E-state index is 0.0547.